The van der Waals surface area contributed by atoms with Crippen molar-refractivity contribution in [3.63, 3.8) is 0 Å². The number of nitrogens with zero attached hydrogens (tertiary/aromatic N) is 1. The van der Waals surface area contributed by atoms with E-state index >= 15 is 0 Å². The minimum atomic E-state index is 0.644. The molecule has 2 rings (SSSR count). The Labute approximate surface area is 93.7 Å². The van der Waals surface area contributed by atoms with E-state index in [-0.39, 0.29) is 0 Å². The molecule has 1 N–H and O–H groups in total. The van der Waals surface area contributed by atoms with E-state index in [0.29, 0.717) is 10.5 Å². The predicted molar refractivity (Wildman–Crippen MR) is 60.8 cm³/mol. The molecule has 1 heterocycles. The van der Waals surface area contributed by atoms with Gasteiger partial charge in [0.1, 0.15) is 0 Å². The summed E-state index contributed by atoms with van der Waals surface area (Å²) in [5.41, 5.74) is 0. The molecule has 0 saturated heterocycles. The number of nitrogens with one attached hydrogen (secondary N) is 1. The van der Waals surface area contributed by atoms with Crippen LogP contribution in [0.5, 0.6) is 0 Å². The molecule has 4 heteroatoms. The Balaban J connectivity index is 1.76. The SMILES string of the molecule is Clc1ncc(CNC2CCCCC2)s1. The largest absolute Gasteiger partial charge is 0.309 e. The van der Waals surface area contributed by atoms with E-state index in [2.05, 4.69) is 10.3 Å². The van der Waals surface area contributed by atoms with Crippen LogP contribution in [0.1, 0.15) is 37.0 Å². The quantitative estimate of drug-likeness (QED) is 0.863. The lowest BCUT2D eigenvalue weighted by Crippen LogP contribution is -2.30. The molecule has 14 heavy (non-hydrogen) atoms. The van der Waals surface area contributed by atoms with Crippen molar-refractivity contribution in [3.05, 3.63) is 15.5 Å². The van der Waals surface area contributed by atoms with Crippen molar-refractivity contribution >= 4 is 22.9 Å². The molecule has 0 aliphatic heterocycles. The third kappa shape index (κ3) is 2.94. The molecule has 2 nitrogen and oxygen atoms in total. The molecule has 1 saturated carbocycles. The Morgan fingerprint density at radius 3 is 2.86 bits per heavy atom. The van der Waals surface area contributed by atoms with E-state index in [1.165, 1.54) is 37.0 Å². The number of halogens is 1. The lowest BCUT2D eigenvalue weighted by atomic mass is 9.95. The van der Waals surface area contributed by atoms with Gasteiger partial charge >= 0.3 is 0 Å². The fourth-order valence-corrected chi connectivity index (χ4v) is 2.85. The topological polar surface area (TPSA) is 24.9 Å². The van der Waals surface area contributed by atoms with E-state index in [4.69, 9.17) is 11.6 Å². The van der Waals surface area contributed by atoms with Crippen LogP contribution in [0, 0.1) is 0 Å². The Morgan fingerprint density at radius 2 is 2.21 bits per heavy atom. The maximum atomic E-state index is 5.76. The summed E-state index contributed by atoms with van der Waals surface area (Å²) in [6.45, 7) is 0.926. The van der Waals surface area contributed by atoms with Crippen molar-refractivity contribution in [1.29, 1.82) is 0 Å². The summed E-state index contributed by atoms with van der Waals surface area (Å²) in [6.07, 6.45) is 8.68. The fourth-order valence-electron chi connectivity index (χ4n) is 1.92. The summed E-state index contributed by atoms with van der Waals surface area (Å²) < 4.78 is 0.644. The second-order valence-electron chi connectivity index (χ2n) is 3.80. The van der Waals surface area contributed by atoms with Crippen LogP contribution in [0.15, 0.2) is 6.20 Å². The van der Waals surface area contributed by atoms with Crippen molar-refractivity contribution in [2.75, 3.05) is 0 Å². The standard InChI is InChI=1S/C10H15ClN2S/c11-10-13-7-9(14-10)6-12-8-4-2-1-3-5-8/h7-8,12H,1-6H2. The van der Waals surface area contributed by atoms with E-state index in [1.807, 2.05) is 6.20 Å². The highest BCUT2D eigenvalue weighted by molar-refractivity contribution is 7.15. The van der Waals surface area contributed by atoms with Gasteiger partial charge in [-0.3, -0.25) is 0 Å². The first-order valence-corrected chi connectivity index (χ1v) is 6.37. The Bertz CT molecular complexity index is 281. The first-order chi connectivity index (χ1) is 6.84. The van der Waals surface area contributed by atoms with E-state index in [9.17, 15) is 0 Å². The number of hydrogen-bond acceptors (Lipinski definition) is 3. The molecule has 1 aliphatic rings. The predicted octanol–water partition coefficient (Wildman–Crippen LogP) is 3.22. The number of aromatic nitrogens is 1. The van der Waals surface area contributed by atoms with Gasteiger partial charge in [-0.1, -0.05) is 30.9 Å². The summed E-state index contributed by atoms with van der Waals surface area (Å²) in [6, 6.07) is 0.713. The average Bonchev–Trinajstić information content (AvgIpc) is 2.63. The molecule has 78 valence electrons. The van der Waals surface area contributed by atoms with Gasteiger partial charge in [0.05, 0.1) is 0 Å². The van der Waals surface area contributed by atoms with Crippen LogP contribution in [0.3, 0.4) is 0 Å². The Morgan fingerprint density at radius 1 is 1.43 bits per heavy atom. The highest BCUT2D eigenvalue weighted by Crippen LogP contribution is 2.20. The fraction of sp³-hybridized carbons (Fsp3) is 0.700. The van der Waals surface area contributed by atoms with Crippen molar-refractivity contribution in [2.24, 2.45) is 0 Å². The van der Waals surface area contributed by atoms with E-state index in [1.54, 1.807) is 11.3 Å². The highest BCUT2D eigenvalue weighted by Gasteiger charge is 2.12. The van der Waals surface area contributed by atoms with Gasteiger partial charge in [-0.2, -0.15) is 0 Å². The number of hydrogen-bond donors (Lipinski definition) is 1. The molecule has 0 radical (unpaired) electrons. The summed E-state index contributed by atoms with van der Waals surface area (Å²) in [4.78, 5) is 5.26. The van der Waals surface area contributed by atoms with Crippen LogP contribution in [0.2, 0.25) is 4.47 Å². The van der Waals surface area contributed by atoms with E-state index in [0.717, 1.165) is 6.54 Å². The second kappa shape index (κ2) is 5.10. The monoisotopic (exact) mass is 230 g/mol. The summed E-state index contributed by atoms with van der Waals surface area (Å²) in [5, 5.41) is 3.56. The molecular weight excluding hydrogens is 216 g/mol. The van der Waals surface area contributed by atoms with Crippen LogP contribution in [0.4, 0.5) is 0 Å². The van der Waals surface area contributed by atoms with E-state index < -0.39 is 0 Å². The van der Waals surface area contributed by atoms with Gasteiger partial charge in [0.15, 0.2) is 4.47 Å². The minimum absolute atomic E-state index is 0.644. The van der Waals surface area contributed by atoms with Crippen molar-refractivity contribution in [3.8, 4) is 0 Å². The third-order valence-electron chi connectivity index (χ3n) is 2.70. The molecular formula is C10H15ClN2S. The van der Waals surface area contributed by atoms with Crippen LogP contribution in [0.25, 0.3) is 0 Å². The van der Waals surface area contributed by atoms with Crippen LogP contribution in [-0.4, -0.2) is 11.0 Å². The molecule has 0 aromatic carbocycles. The summed E-state index contributed by atoms with van der Waals surface area (Å²) >= 11 is 7.33. The average molecular weight is 231 g/mol. The maximum absolute atomic E-state index is 5.76. The molecule has 1 aromatic rings. The zero-order valence-electron chi connectivity index (χ0n) is 8.13. The smallest absolute Gasteiger partial charge is 0.183 e. The normalized spacial score (nSPS) is 18.6. The summed E-state index contributed by atoms with van der Waals surface area (Å²) in [7, 11) is 0. The first kappa shape index (κ1) is 10.4. The van der Waals surface area contributed by atoms with Crippen LogP contribution < -0.4 is 5.32 Å². The van der Waals surface area contributed by atoms with Crippen molar-refractivity contribution in [1.82, 2.24) is 10.3 Å². The third-order valence-corrected chi connectivity index (χ3v) is 3.81. The van der Waals surface area contributed by atoms with Gasteiger partial charge in [-0.05, 0) is 12.8 Å². The van der Waals surface area contributed by atoms with Gasteiger partial charge in [-0.25, -0.2) is 4.98 Å². The van der Waals surface area contributed by atoms with Crippen LogP contribution >= 0.6 is 22.9 Å². The molecule has 0 unspecified atom stereocenters. The molecule has 0 atom stereocenters. The first-order valence-electron chi connectivity index (χ1n) is 5.18. The minimum Gasteiger partial charge on any atom is -0.309 e. The molecule has 1 aliphatic carbocycles. The van der Waals surface area contributed by atoms with Crippen LogP contribution in [-0.2, 0) is 6.54 Å². The maximum Gasteiger partial charge on any atom is 0.183 e. The summed E-state index contributed by atoms with van der Waals surface area (Å²) in [5.74, 6) is 0. The lowest BCUT2D eigenvalue weighted by molar-refractivity contribution is 0.373. The zero-order chi connectivity index (χ0) is 9.80. The number of thiazole rings is 1. The molecule has 1 aromatic heterocycles. The highest BCUT2D eigenvalue weighted by atomic mass is 35.5. The van der Waals surface area contributed by atoms with Gasteiger partial charge in [-0.15, -0.1) is 11.3 Å². The van der Waals surface area contributed by atoms with Gasteiger partial charge in [0, 0.05) is 23.7 Å². The number of rotatable bonds is 3. The Hall–Kier alpha value is -0.120. The second-order valence-corrected chi connectivity index (χ2v) is 5.49. The van der Waals surface area contributed by atoms with Gasteiger partial charge in [0.2, 0.25) is 0 Å². The molecule has 0 bridgehead atoms. The zero-order valence-corrected chi connectivity index (χ0v) is 9.70. The molecule has 0 amide bonds. The van der Waals surface area contributed by atoms with Gasteiger partial charge < -0.3 is 5.32 Å². The van der Waals surface area contributed by atoms with Gasteiger partial charge in [0.25, 0.3) is 0 Å². The van der Waals surface area contributed by atoms with Crippen molar-refractivity contribution in [2.45, 2.75) is 44.7 Å². The Kier molecular flexibility index (Phi) is 3.79. The molecule has 1 fully saturated rings. The molecule has 0 spiro atoms. The van der Waals surface area contributed by atoms with Crippen molar-refractivity contribution < 1.29 is 0 Å². The lowest BCUT2D eigenvalue weighted by Gasteiger charge is -2.22.